The van der Waals surface area contributed by atoms with Crippen LogP contribution in [0.3, 0.4) is 0 Å². The van der Waals surface area contributed by atoms with Gasteiger partial charge in [0.2, 0.25) is 0 Å². The van der Waals surface area contributed by atoms with Crippen molar-refractivity contribution in [3.8, 4) is 0 Å². The van der Waals surface area contributed by atoms with E-state index in [2.05, 4.69) is 49.4 Å². The van der Waals surface area contributed by atoms with Gasteiger partial charge in [0.1, 0.15) is 0 Å². The van der Waals surface area contributed by atoms with Crippen LogP contribution in [0, 0.1) is 0 Å². The number of halogens is 1. The van der Waals surface area contributed by atoms with E-state index < -0.39 is 0 Å². The third-order valence-corrected chi connectivity index (χ3v) is 6.30. The number of nitrogens with one attached hydrogen (secondary N) is 2. The first-order valence-corrected chi connectivity index (χ1v) is 11.2. The predicted molar refractivity (Wildman–Crippen MR) is 121 cm³/mol. The van der Waals surface area contributed by atoms with Gasteiger partial charge in [-0.2, -0.15) is 0 Å². The molecule has 2 aromatic carbocycles. The minimum Gasteiger partial charge on any atom is -0.337 e. The molecule has 1 amide bonds. The number of carbonyl (C=O) groups is 1. The quantitative estimate of drug-likeness (QED) is 0.604. The highest BCUT2D eigenvalue weighted by Gasteiger charge is 2.32. The van der Waals surface area contributed by atoms with E-state index in [1.807, 2.05) is 36.4 Å². The van der Waals surface area contributed by atoms with E-state index in [1.54, 1.807) is 5.01 Å². The summed E-state index contributed by atoms with van der Waals surface area (Å²) in [4.78, 5) is 23.6. The summed E-state index contributed by atoms with van der Waals surface area (Å²) in [5, 5.41) is 1.75. The standard InChI is InChI=1S/C23H24BrN5O/c24-17-10-8-16(9-11-17)21-14-20(23-25-18-6-2-3-7-19(18)26-23)27-29(21)22(30)15-28-12-4-1-5-13-28/h2-3,6-11,14,21,27H,1,4-5,12-13,15H2,(H,25,26)/t21-/m1/s1. The van der Waals surface area contributed by atoms with Gasteiger partial charge in [-0.3, -0.25) is 15.1 Å². The zero-order chi connectivity index (χ0) is 20.5. The van der Waals surface area contributed by atoms with Crippen molar-refractivity contribution in [1.82, 2.24) is 25.3 Å². The largest absolute Gasteiger partial charge is 0.337 e. The number of likely N-dealkylation sites (tertiary alicyclic amines) is 1. The molecule has 2 N–H and O–H groups in total. The highest BCUT2D eigenvalue weighted by molar-refractivity contribution is 9.10. The van der Waals surface area contributed by atoms with E-state index in [9.17, 15) is 4.79 Å². The number of aromatic amines is 1. The van der Waals surface area contributed by atoms with Crippen LogP contribution in [0.25, 0.3) is 16.7 Å². The maximum Gasteiger partial charge on any atom is 0.255 e. The summed E-state index contributed by atoms with van der Waals surface area (Å²) in [6.45, 7) is 2.42. The van der Waals surface area contributed by atoms with Crippen molar-refractivity contribution < 1.29 is 4.79 Å². The lowest BCUT2D eigenvalue weighted by molar-refractivity contribution is -0.135. The van der Waals surface area contributed by atoms with Crippen LogP contribution in [0.4, 0.5) is 0 Å². The first-order chi connectivity index (χ1) is 14.7. The van der Waals surface area contributed by atoms with Crippen LogP contribution < -0.4 is 5.43 Å². The highest BCUT2D eigenvalue weighted by atomic mass is 79.9. The maximum atomic E-state index is 13.3. The van der Waals surface area contributed by atoms with Gasteiger partial charge < -0.3 is 4.98 Å². The number of piperidine rings is 1. The second-order valence-corrected chi connectivity index (χ2v) is 8.81. The van der Waals surface area contributed by atoms with E-state index in [4.69, 9.17) is 4.98 Å². The molecule has 7 heteroatoms. The number of hydrogen-bond acceptors (Lipinski definition) is 4. The maximum absolute atomic E-state index is 13.3. The Labute approximate surface area is 184 Å². The van der Waals surface area contributed by atoms with Crippen LogP contribution in [0.2, 0.25) is 0 Å². The van der Waals surface area contributed by atoms with Gasteiger partial charge in [-0.15, -0.1) is 0 Å². The van der Waals surface area contributed by atoms with Crippen molar-refractivity contribution in [1.29, 1.82) is 0 Å². The molecule has 0 aliphatic carbocycles. The van der Waals surface area contributed by atoms with Crippen LogP contribution in [0.5, 0.6) is 0 Å². The number of H-pyrrole nitrogens is 1. The molecule has 0 unspecified atom stereocenters. The van der Waals surface area contributed by atoms with E-state index in [-0.39, 0.29) is 11.9 Å². The van der Waals surface area contributed by atoms with Crippen LogP contribution in [-0.2, 0) is 4.79 Å². The molecule has 1 atom stereocenters. The van der Waals surface area contributed by atoms with Gasteiger partial charge in [0.05, 0.1) is 29.3 Å². The molecule has 0 bridgehead atoms. The van der Waals surface area contributed by atoms with Gasteiger partial charge in [0.25, 0.3) is 5.91 Å². The number of para-hydroxylation sites is 2. The third-order valence-electron chi connectivity index (χ3n) is 5.78. The lowest BCUT2D eigenvalue weighted by Crippen LogP contribution is -2.46. The fourth-order valence-corrected chi connectivity index (χ4v) is 4.45. The molecule has 6 nitrogen and oxygen atoms in total. The summed E-state index contributed by atoms with van der Waals surface area (Å²) in [6, 6.07) is 15.9. The van der Waals surface area contributed by atoms with Crippen molar-refractivity contribution in [3.63, 3.8) is 0 Å². The fraction of sp³-hybridized carbons (Fsp3) is 0.304. The van der Waals surface area contributed by atoms with Gasteiger partial charge in [-0.25, -0.2) is 9.99 Å². The zero-order valence-corrected chi connectivity index (χ0v) is 18.2. The van der Waals surface area contributed by atoms with Gasteiger partial charge in [0, 0.05) is 4.47 Å². The van der Waals surface area contributed by atoms with Crippen molar-refractivity contribution >= 4 is 38.6 Å². The van der Waals surface area contributed by atoms with Crippen LogP contribution >= 0.6 is 15.9 Å². The molecule has 2 aliphatic heterocycles. The average Bonchev–Trinajstić information content (AvgIpc) is 3.40. The lowest BCUT2D eigenvalue weighted by Gasteiger charge is -2.30. The second kappa shape index (κ2) is 8.24. The summed E-state index contributed by atoms with van der Waals surface area (Å²) in [5.74, 6) is 0.818. The highest BCUT2D eigenvalue weighted by Crippen LogP contribution is 2.32. The van der Waals surface area contributed by atoms with Crippen LogP contribution in [0.1, 0.15) is 36.7 Å². The molecule has 1 fully saturated rings. The smallest absolute Gasteiger partial charge is 0.255 e. The summed E-state index contributed by atoms with van der Waals surface area (Å²) in [5.41, 5.74) is 7.11. The first kappa shape index (κ1) is 19.3. The van der Waals surface area contributed by atoms with Gasteiger partial charge in [-0.1, -0.05) is 46.6 Å². The number of benzene rings is 2. The Morgan fingerprint density at radius 2 is 1.83 bits per heavy atom. The van der Waals surface area contributed by atoms with E-state index in [0.717, 1.165) is 45.7 Å². The van der Waals surface area contributed by atoms with Crippen molar-refractivity contribution in [3.05, 3.63) is 70.5 Å². The topological polar surface area (TPSA) is 64.3 Å². The molecule has 1 saturated heterocycles. The van der Waals surface area contributed by atoms with Crippen LogP contribution in [-0.4, -0.2) is 45.4 Å². The molecule has 1 aromatic heterocycles. The summed E-state index contributed by atoms with van der Waals surface area (Å²) in [7, 11) is 0. The minimum absolute atomic E-state index is 0.0761. The predicted octanol–water partition coefficient (Wildman–Crippen LogP) is 4.24. The zero-order valence-electron chi connectivity index (χ0n) is 16.6. The molecular formula is C23H24BrN5O. The Morgan fingerprint density at radius 1 is 1.07 bits per heavy atom. The molecule has 5 rings (SSSR count). The number of rotatable bonds is 4. The van der Waals surface area contributed by atoms with Crippen molar-refractivity contribution in [2.24, 2.45) is 0 Å². The molecule has 3 aromatic rings. The summed E-state index contributed by atoms with van der Waals surface area (Å²) in [6.07, 6.45) is 5.67. The molecule has 2 aliphatic rings. The summed E-state index contributed by atoms with van der Waals surface area (Å²) < 4.78 is 1.02. The van der Waals surface area contributed by atoms with E-state index in [0.29, 0.717) is 6.54 Å². The van der Waals surface area contributed by atoms with Crippen LogP contribution in [0.15, 0.2) is 59.1 Å². The molecule has 0 radical (unpaired) electrons. The van der Waals surface area contributed by atoms with Gasteiger partial charge in [0.15, 0.2) is 5.82 Å². The van der Waals surface area contributed by atoms with Crippen molar-refractivity contribution in [2.75, 3.05) is 19.6 Å². The molecule has 3 heterocycles. The third kappa shape index (κ3) is 3.87. The minimum atomic E-state index is -0.182. The Bertz CT molecular complexity index is 1050. The number of fused-ring (bicyclic) bond motifs is 1. The molecular weight excluding hydrogens is 442 g/mol. The SMILES string of the molecule is O=C(CN1CCCCC1)N1NC(c2nc3ccccc3[nH]2)=C[C@@H]1c1ccc(Br)cc1. The Morgan fingerprint density at radius 3 is 2.60 bits per heavy atom. The number of aromatic nitrogens is 2. The molecule has 154 valence electrons. The first-order valence-electron chi connectivity index (χ1n) is 10.4. The fourth-order valence-electron chi connectivity index (χ4n) is 4.19. The van der Waals surface area contributed by atoms with Gasteiger partial charge in [-0.05, 0) is 61.8 Å². The summed E-state index contributed by atoms with van der Waals surface area (Å²) >= 11 is 3.50. The van der Waals surface area contributed by atoms with Crippen molar-refractivity contribution in [2.45, 2.75) is 25.3 Å². The Kier molecular flexibility index (Phi) is 5.31. The monoisotopic (exact) mass is 465 g/mol. The number of carbonyl (C=O) groups excluding carboxylic acids is 1. The van der Waals surface area contributed by atoms with E-state index in [1.165, 1.54) is 19.3 Å². The Balaban J connectivity index is 1.44. The molecule has 0 spiro atoms. The lowest BCUT2D eigenvalue weighted by atomic mass is 10.1. The number of amides is 1. The Hall–Kier alpha value is -2.64. The number of hydrogen-bond donors (Lipinski definition) is 2. The molecule has 30 heavy (non-hydrogen) atoms. The number of imidazole rings is 1. The van der Waals surface area contributed by atoms with E-state index >= 15 is 0 Å². The number of hydrazine groups is 1. The normalized spacial score (nSPS) is 19.7. The molecule has 0 saturated carbocycles. The van der Waals surface area contributed by atoms with Gasteiger partial charge >= 0.3 is 0 Å². The average molecular weight is 466 g/mol. The second-order valence-electron chi connectivity index (χ2n) is 7.89. The number of nitrogens with zero attached hydrogens (tertiary/aromatic N) is 3.